The number of alkyl halides is 1. The van der Waals surface area contributed by atoms with Crippen molar-refractivity contribution in [2.45, 2.75) is 62.8 Å². The van der Waals surface area contributed by atoms with Gasteiger partial charge >= 0.3 is 6.03 Å². The number of fused-ring (bicyclic) bond motifs is 4. The molecule has 170 valence electrons. The molecule has 2 aromatic rings. The minimum atomic E-state index is -1.07. The molecule has 0 spiro atoms. The Labute approximate surface area is 188 Å². The first-order chi connectivity index (χ1) is 15.2. The summed E-state index contributed by atoms with van der Waals surface area (Å²) in [5.41, 5.74) is 5.75. The Kier molecular flexibility index (Phi) is 4.92. The van der Waals surface area contributed by atoms with Gasteiger partial charge in [0.05, 0.1) is 29.4 Å². The number of carbonyl (C=O) groups excluding carboxylic acids is 2. The number of hydrogen-bond acceptors (Lipinski definition) is 3. The Hall–Kier alpha value is -2.68. The molecule has 3 fully saturated rings. The second-order valence-electron chi connectivity index (χ2n) is 9.17. The van der Waals surface area contributed by atoms with Crippen molar-refractivity contribution in [3.63, 3.8) is 0 Å². The van der Waals surface area contributed by atoms with E-state index in [2.05, 4.69) is 10.4 Å². The van der Waals surface area contributed by atoms with Gasteiger partial charge in [-0.3, -0.25) is 9.48 Å². The Balaban J connectivity index is 1.39. The van der Waals surface area contributed by atoms with Gasteiger partial charge in [0, 0.05) is 17.6 Å². The highest BCUT2D eigenvalue weighted by atomic mass is 35.5. The number of benzene rings is 1. The van der Waals surface area contributed by atoms with E-state index in [1.54, 1.807) is 9.58 Å². The molecule has 1 aliphatic heterocycles. The van der Waals surface area contributed by atoms with Crippen molar-refractivity contribution in [1.29, 1.82) is 0 Å². The highest BCUT2D eigenvalue weighted by molar-refractivity contribution is 6.31. The topological polar surface area (TPSA) is 93.2 Å². The minimum absolute atomic E-state index is 0.0820. The molecule has 3 aliphatic carbocycles. The van der Waals surface area contributed by atoms with Crippen molar-refractivity contribution >= 4 is 23.5 Å². The molecule has 1 aromatic carbocycles. The van der Waals surface area contributed by atoms with E-state index in [0.717, 1.165) is 0 Å². The maximum absolute atomic E-state index is 14.5. The predicted molar refractivity (Wildman–Crippen MR) is 114 cm³/mol. The molecule has 3 amide bonds. The highest BCUT2D eigenvalue weighted by Gasteiger charge is 2.50. The van der Waals surface area contributed by atoms with Crippen LogP contribution in [0.25, 0.3) is 11.3 Å². The van der Waals surface area contributed by atoms with Crippen LogP contribution in [0.1, 0.15) is 54.6 Å². The van der Waals surface area contributed by atoms with Crippen LogP contribution in [0.4, 0.5) is 13.6 Å². The molecule has 2 heterocycles. The number of halogens is 3. The lowest BCUT2D eigenvalue weighted by Crippen LogP contribution is -2.60. The normalized spacial score (nSPS) is 26.7. The van der Waals surface area contributed by atoms with Crippen LogP contribution < -0.4 is 11.1 Å². The second kappa shape index (κ2) is 7.43. The second-order valence-corrected chi connectivity index (χ2v) is 9.58. The van der Waals surface area contributed by atoms with Gasteiger partial charge in [0.1, 0.15) is 17.2 Å². The van der Waals surface area contributed by atoms with E-state index in [0.29, 0.717) is 68.6 Å². The number of hydrogen-bond donors (Lipinski definition) is 2. The lowest BCUT2D eigenvalue weighted by molar-refractivity contribution is -0.00567. The van der Waals surface area contributed by atoms with Crippen molar-refractivity contribution in [1.82, 2.24) is 20.0 Å². The van der Waals surface area contributed by atoms with E-state index in [4.69, 9.17) is 17.3 Å². The number of aromatic nitrogens is 2. The smallest absolute Gasteiger partial charge is 0.318 e. The van der Waals surface area contributed by atoms with Gasteiger partial charge in [-0.05, 0) is 56.7 Å². The molecule has 0 atom stereocenters. The zero-order valence-electron chi connectivity index (χ0n) is 17.5. The average molecular weight is 464 g/mol. The van der Waals surface area contributed by atoms with Gasteiger partial charge in [0.25, 0.3) is 5.91 Å². The lowest BCUT2D eigenvalue weighted by Gasteiger charge is -2.50. The van der Waals surface area contributed by atoms with Crippen molar-refractivity contribution in [3.05, 3.63) is 40.3 Å². The van der Waals surface area contributed by atoms with Crippen LogP contribution in [0.5, 0.6) is 0 Å². The maximum atomic E-state index is 14.5. The fourth-order valence-electron chi connectivity index (χ4n) is 5.23. The summed E-state index contributed by atoms with van der Waals surface area (Å²) in [4.78, 5) is 27.0. The van der Waals surface area contributed by atoms with E-state index in [1.807, 2.05) is 0 Å². The van der Waals surface area contributed by atoms with Crippen LogP contribution >= 0.6 is 11.6 Å². The first-order valence-electron chi connectivity index (χ1n) is 10.8. The number of amides is 3. The standard InChI is InChI=1S/C22H24ClF2N5O2/c23-14-11-13(1-2-15(14)24)18-17(19(26)31)16-12-29(9-10-30(16)28-18)20(32)27-22-6-3-21(25,4-7-22)5-8-22/h1-2,11H,3-10,12H2,(H2,26,31)(H,27,32). The monoisotopic (exact) mass is 463 g/mol. The summed E-state index contributed by atoms with van der Waals surface area (Å²) in [5, 5.41) is 7.57. The molecular weight excluding hydrogens is 440 g/mol. The van der Waals surface area contributed by atoms with Gasteiger partial charge in [-0.2, -0.15) is 5.10 Å². The van der Waals surface area contributed by atoms with Crippen LogP contribution in [0.2, 0.25) is 5.02 Å². The van der Waals surface area contributed by atoms with Gasteiger partial charge in [0.15, 0.2) is 0 Å². The summed E-state index contributed by atoms with van der Waals surface area (Å²) in [6.45, 7) is 0.958. The van der Waals surface area contributed by atoms with Crippen molar-refractivity contribution in [2.75, 3.05) is 6.54 Å². The summed E-state index contributed by atoms with van der Waals surface area (Å²) in [6.07, 6.45) is 3.37. The van der Waals surface area contributed by atoms with Crippen LogP contribution in [0.15, 0.2) is 18.2 Å². The van der Waals surface area contributed by atoms with E-state index in [1.165, 1.54) is 18.2 Å². The van der Waals surface area contributed by atoms with Crippen LogP contribution in [0, 0.1) is 5.82 Å². The van der Waals surface area contributed by atoms with Crippen LogP contribution in [-0.2, 0) is 13.1 Å². The molecule has 0 radical (unpaired) electrons. The van der Waals surface area contributed by atoms with Crippen LogP contribution in [0.3, 0.4) is 0 Å². The fourth-order valence-corrected chi connectivity index (χ4v) is 5.41. The third kappa shape index (κ3) is 3.52. The minimum Gasteiger partial charge on any atom is -0.365 e. The zero-order chi connectivity index (χ0) is 22.7. The third-order valence-electron chi connectivity index (χ3n) is 7.23. The first-order valence-corrected chi connectivity index (χ1v) is 11.2. The molecular formula is C22H24ClF2N5O2. The highest BCUT2D eigenvalue weighted by Crippen LogP contribution is 2.49. The summed E-state index contributed by atoms with van der Waals surface area (Å²) < 4.78 is 29.7. The zero-order valence-corrected chi connectivity index (χ0v) is 18.2. The Bertz CT molecular complexity index is 1090. The number of rotatable bonds is 3. The SMILES string of the molecule is NC(=O)c1c(-c2ccc(F)c(Cl)c2)nn2c1CN(C(=O)NC13CCC(F)(CC1)CC3)CC2. The molecule has 0 saturated heterocycles. The van der Waals surface area contributed by atoms with Gasteiger partial charge in [-0.1, -0.05) is 11.6 Å². The molecule has 6 rings (SSSR count). The molecule has 3 N–H and O–H groups in total. The molecule has 0 unspecified atom stereocenters. The quantitative estimate of drug-likeness (QED) is 0.725. The number of carbonyl (C=O) groups is 2. The third-order valence-corrected chi connectivity index (χ3v) is 7.52. The van der Waals surface area contributed by atoms with E-state index < -0.39 is 17.4 Å². The van der Waals surface area contributed by atoms with E-state index in [9.17, 15) is 18.4 Å². The molecule has 4 aliphatic rings. The largest absolute Gasteiger partial charge is 0.365 e. The number of urea groups is 1. The lowest BCUT2D eigenvalue weighted by atomic mass is 9.64. The van der Waals surface area contributed by atoms with Gasteiger partial charge in [-0.15, -0.1) is 0 Å². The van der Waals surface area contributed by atoms with Gasteiger partial charge < -0.3 is 16.0 Å². The molecule has 1 aromatic heterocycles. The molecule has 32 heavy (non-hydrogen) atoms. The summed E-state index contributed by atoms with van der Waals surface area (Å²) in [5.74, 6) is -1.25. The Morgan fingerprint density at radius 3 is 2.44 bits per heavy atom. The average Bonchev–Trinajstić information content (AvgIpc) is 3.16. The molecule has 10 heteroatoms. The molecule has 7 nitrogen and oxygen atoms in total. The van der Waals surface area contributed by atoms with E-state index >= 15 is 0 Å². The van der Waals surface area contributed by atoms with Crippen LogP contribution in [-0.4, -0.2) is 44.4 Å². The maximum Gasteiger partial charge on any atom is 0.318 e. The first kappa shape index (κ1) is 21.2. The van der Waals surface area contributed by atoms with Gasteiger partial charge in [-0.25, -0.2) is 13.6 Å². The Morgan fingerprint density at radius 2 is 1.81 bits per heavy atom. The van der Waals surface area contributed by atoms with E-state index in [-0.39, 0.29) is 28.7 Å². The van der Waals surface area contributed by atoms with Crippen molar-refractivity contribution in [2.24, 2.45) is 5.73 Å². The number of primary amides is 1. The summed E-state index contributed by atoms with van der Waals surface area (Å²) >= 11 is 5.91. The summed E-state index contributed by atoms with van der Waals surface area (Å²) in [6, 6.07) is 3.87. The molecule has 3 saturated carbocycles. The van der Waals surface area contributed by atoms with Gasteiger partial charge in [0.2, 0.25) is 0 Å². The summed E-state index contributed by atoms with van der Waals surface area (Å²) in [7, 11) is 0. The number of nitrogens with two attached hydrogens (primary N) is 1. The fraction of sp³-hybridized carbons (Fsp3) is 0.500. The number of nitrogens with zero attached hydrogens (tertiary/aromatic N) is 3. The predicted octanol–water partition coefficient (Wildman–Crippen LogP) is 3.78. The molecule has 2 bridgehead atoms. The Morgan fingerprint density at radius 1 is 1.12 bits per heavy atom. The van der Waals surface area contributed by atoms with Crippen molar-refractivity contribution < 1.29 is 18.4 Å². The number of nitrogens with one attached hydrogen (secondary N) is 1. The van der Waals surface area contributed by atoms with Crippen molar-refractivity contribution in [3.8, 4) is 11.3 Å².